The van der Waals surface area contributed by atoms with Crippen LogP contribution in [-0.4, -0.2) is 23.8 Å². The van der Waals surface area contributed by atoms with Crippen molar-refractivity contribution in [2.45, 2.75) is 11.9 Å². The van der Waals surface area contributed by atoms with Crippen molar-refractivity contribution in [2.24, 2.45) is 0 Å². The van der Waals surface area contributed by atoms with Gasteiger partial charge in [0, 0.05) is 6.20 Å². The molecule has 1 amide bonds. The molecule has 4 nitrogen and oxygen atoms in total. The molecule has 1 rings (SSSR count). The van der Waals surface area contributed by atoms with Crippen LogP contribution >= 0.6 is 11.8 Å². The SMILES string of the molecule is CCONC(=O)c1cccnc1SC. The Morgan fingerprint density at radius 2 is 2.50 bits per heavy atom. The van der Waals surface area contributed by atoms with E-state index in [9.17, 15) is 4.79 Å². The third-order valence-corrected chi connectivity index (χ3v) is 2.23. The monoisotopic (exact) mass is 212 g/mol. The normalized spacial score (nSPS) is 9.86. The summed E-state index contributed by atoms with van der Waals surface area (Å²) in [5.41, 5.74) is 2.87. The number of hydrogen-bond acceptors (Lipinski definition) is 4. The molecule has 1 aromatic heterocycles. The number of rotatable bonds is 4. The molecular formula is C9H12N2O2S. The lowest BCUT2D eigenvalue weighted by molar-refractivity contribution is 0.0361. The number of hydrogen-bond donors (Lipinski definition) is 1. The summed E-state index contributed by atoms with van der Waals surface area (Å²) in [6.45, 7) is 2.25. The molecule has 0 aliphatic carbocycles. The number of carbonyl (C=O) groups excluding carboxylic acids is 1. The predicted molar refractivity (Wildman–Crippen MR) is 55.1 cm³/mol. The van der Waals surface area contributed by atoms with Gasteiger partial charge in [-0.15, -0.1) is 11.8 Å². The average molecular weight is 212 g/mol. The van der Waals surface area contributed by atoms with Crippen LogP contribution in [0.15, 0.2) is 23.4 Å². The van der Waals surface area contributed by atoms with Crippen molar-refractivity contribution in [3.63, 3.8) is 0 Å². The molecule has 14 heavy (non-hydrogen) atoms. The molecule has 0 aromatic carbocycles. The van der Waals surface area contributed by atoms with E-state index in [-0.39, 0.29) is 5.91 Å². The number of thioether (sulfide) groups is 1. The van der Waals surface area contributed by atoms with E-state index in [0.29, 0.717) is 17.2 Å². The highest BCUT2D eigenvalue weighted by Gasteiger charge is 2.10. The maximum Gasteiger partial charge on any atom is 0.277 e. The lowest BCUT2D eigenvalue weighted by Crippen LogP contribution is -2.24. The highest BCUT2D eigenvalue weighted by atomic mass is 32.2. The Kier molecular flexibility index (Phi) is 4.42. The smallest absolute Gasteiger partial charge is 0.274 e. The first kappa shape index (κ1) is 11.0. The Morgan fingerprint density at radius 3 is 3.14 bits per heavy atom. The minimum atomic E-state index is -0.260. The molecule has 0 unspecified atom stereocenters. The van der Waals surface area contributed by atoms with E-state index in [1.165, 1.54) is 11.8 Å². The first-order chi connectivity index (χ1) is 6.79. The third-order valence-electron chi connectivity index (χ3n) is 1.52. The lowest BCUT2D eigenvalue weighted by Gasteiger charge is -2.06. The van der Waals surface area contributed by atoms with Gasteiger partial charge < -0.3 is 0 Å². The zero-order chi connectivity index (χ0) is 10.4. The van der Waals surface area contributed by atoms with Crippen LogP contribution in [0.4, 0.5) is 0 Å². The molecule has 0 bridgehead atoms. The minimum Gasteiger partial charge on any atom is -0.274 e. The highest BCUT2D eigenvalue weighted by molar-refractivity contribution is 7.98. The molecule has 5 heteroatoms. The summed E-state index contributed by atoms with van der Waals surface area (Å²) in [6, 6.07) is 3.44. The lowest BCUT2D eigenvalue weighted by atomic mass is 10.3. The van der Waals surface area contributed by atoms with Gasteiger partial charge in [0.2, 0.25) is 0 Å². The molecule has 0 atom stereocenters. The molecule has 1 aromatic rings. The summed E-state index contributed by atoms with van der Waals surface area (Å²) in [6.07, 6.45) is 3.53. The summed E-state index contributed by atoms with van der Waals surface area (Å²) in [7, 11) is 0. The highest BCUT2D eigenvalue weighted by Crippen LogP contribution is 2.16. The quantitative estimate of drug-likeness (QED) is 0.606. The zero-order valence-electron chi connectivity index (χ0n) is 8.11. The summed E-state index contributed by atoms with van der Waals surface area (Å²) < 4.78 is 0. The molecule has 0 spiro atoms. The number of hydroxylamine groups is 1. The van der Waals surface area contributed by atoms with Crippen LogP contribution in [0.2, 0.25) is 0 Å². The van der Waals surface area contributed by atoms with E-state index in [1.54, 1.807) is 25.3 Å². The Hall–Kier alpha value is -1.07. The molecule has 1 heterocycles. The molecule has 0 saturated heterocycles. The van der Waals surface area contributed by atoms with Crippen molar-refractivity contribution in [3.05, 3.63) is 23.9 Å². The number of amides is 1. The predicted octanol–water partition coefficient (Wildman–Crippen LogP) is 1.48. The van der Waals surface area contributed by atoms with Gasteiger partial charge in [-0.25, -0.2) is 10.5 Å². The Balaban J connectivity index is 2.78. The number of carbonyl (C=O) groups is 1. The number of pyridine rings is 1. The van der Waals surface area contributed by atoms with Gasteiger partial charge in [0.15, 0.2) is 0 Å². The second-order valence-corrected chi connectivity index (χ2v) is 3.22. The second-order valence-electron chi connectivity index (χ2n) is 2.42. The Labute approximate surface area is 87.0 Å². The van der Waals surface area contributed by atoms with Crippen LogP contribution < -0.4 is 5.48 Å². The second kappa shape index (κ2) is 5.62. The van der Waals surface area contributed by atoms with Crippen molar-refractivity contribution in [3.8, 4) is 0 Å². The third kappa shape index (κ3) is 2.71. The molecule has 0 fully saturated rings. The molecule has 76 valence electrons. The van der Waals surface area contributed by atoms with Crippen molar-refractivity contribution in [2.75, 3.05) is 12.9 Å². The fourth-order valence-corrected chi connectivity index (χ4v) is 1.47. The first-order valence-electron chi connectivity index (χ1n) is 4.20. The van der Waals surface area contributed by atoms with E-state index in [4.69, 9.17) is 4.84 Å². The summed E-state index contributed by atoms with van der Waals surface area (Å²) in [5.74, 6) is -0.260. The van der Waals surface area contributed by atoms with Gasteiger partial charge in [-0.1, -0.05) is 0 Å². The van der Waals surface area contributed by atoms with Crippen LogP contribution in [0.1, 0.15) is 17.3 Å². The van der Waals surface area contributed by atoms with Gasteiger partial charge in [0.25, 0.3) is 5.91 Å². The van der Waals surface area contributed by atoms with Gasteiger partial charge in [0.1, 0.15) is 5.03 Å². The van der Waals surface area contributed by atoms with E-state index in [2.05, 4.69) is 10.5 Å². The first-order valence-corrected chi connectivity index (χ1v) is 5.43. The summed E-state index contributed by atoms with van der Waals surface area (Å²) in [5, 5.41) is 0.699. The zero-order valence-corrected chi connectivity index (χ0v) is 8.93. The van der Waals surface area contributed by atoms with E-state index >= 15 is 0 Å². The summed E-state index contributed by atoms with van der Waals surface area (Å²) >= 11 is 1.43. The topological polar surface area (TPSA) is 51.2 Å². The maximum atomic E-state index is 11.5. The molecule has 0 aliphatic heterocycles. The summed E-state index contributed by atoms with van der Waals surface area (Å²) in [4.78, 5) is 20.4. The van der Waals surface area contributed by atoms with E-state index in [1.807, 2.05) is 6.26 Å². The van der Waals surface area contributed by atoms with Crippen LogP contribution in [0.25, 0.3) is 0 Å². The molecular weight excluding hydrogens is 200 g/mol. The fourth-order valence-electron chi connectivity index (χ4n) is 0.919. The molecule has 1 N–H and O–H groups in total. The standard InChI is InChI=1S/C9H12N2O2S/c1-3-13-11-8(12)7-5-4-6-10-9(7)14-2/h4-6H,3H2,1-2H3,(H,11,12). The van der Waals surface area contributed by atoms with Crippen LogP contribution in [0.3, 0.4) is 0 Å². The molecule has 0 aliphatic rings. The number of nitrogens with one attached hydrogen (secondary N) is 1. The van der Waals surface area contributed by atoms with E-state index < -0.39 is 0 Å². The maximum absolute atomic E-state index is 11.5. The van der Waals surface area contributed by atoms with Crippen molar-refractivity contribution < 1.29 is 9.63 Å². The fraction of sp³-hybridized carbons (Fsp3) is 0.333. The van der Waals surface area contributed by atoms with Gasteiger partial charge in [0.05, 0.1) is 12.2 Å². The number of aromatic nitrogens is 1. The molecule has 0 saturated carbocycles. The van der Waals surface area contributed by atoms with Crippen molar-refractivity contribution in [1.29, 1.82) is 0 Å². The minimum absolute atomic E-state index is 0.260. The number of nitrogens with zero attached hydrogens (tertiary/aromatic N) is 1. The van der Waals surface area contributed by atoms with E-state index in [0.717, 1.165) is 0 Å². The Morgan fingerprint density at radius 1 is 1.71 bits per heavy atom. The van der Waals surface area contributed by atoms with Crippen LogP contribution in [0.5, 0.6) is 0 Å². The van der Waals surface area contributed by atoms with Gasteiger partial charge in [-0.3, -0.25) is 9.63 Å². The largest absolute Gasteiger partial charge is 0.277 e. The van der Waals surface area contributed by atoms with Crippen molar-refractivity contribution >= 4 is 17.7 Å². The Bertz CT molecular complexity index is 317. The van der Waals surface area contributed by atoms with Gasteiger partial charge in [-0.05, 0) is 25.3 Å². The van der Waals surface area contributed by atoms with Gasteiger partial charge in [-0.2, -0.15) is 0 Å². The molecule has 0 radical (unpaired) electrons. The van der Waals surface area contributed by atoms with Crippen LogP contribution in [0, 0.1) is 0 Å². The van der Waals surface area contributed by atoms with Crippen LogP contribution in [-0.2, 0) is 4.84 Å². The van der Waals surface area contributed by atoms with Gasteiger partial charge >= 0.3 is 0 Å². The van der Waals surface area contributed by atoms with Crippen molar-refractivity contribution in [1.82, 2.24) is 10.5 Å². The average Bonchev–Trinajstić information content (AvgIpc) is 2.25.